The van der Waals surface area contributed by atoms with Crippen molar-refractivity contribution in [3.8, 4) is 5.75 Å². The fraction of sp³-hybridized carbons (Fsp3) is 0.368. The summed E-state index contributed by atoms with van der Waals surface area (Å²) in [5.41, 5.74) is 3.43. The van der Waals surface area contributed by atoms with Gasteiger partial charge in [-0.2, -0.15) is 0 Å². The van der Waals surface area contributed by atoms with E-state index in [2.05, 4.69) is 32.0 Å². The van der Waals surface area contributed by atoms with Crippen molar-refractivity contribution in [2.75, 3.05) is 0 Å². The normalized spacial score (nSPS) is 19.7. The summed E-state index contributed by atoms with van der Waals surface area (Å²) in [5, 5.41) is 10.6. The van der Waals surface area contributed by atoms with E-state index >= 15 is 0 Å². The molecule has 1 heterocycles. The second-order valence-corrected chi connectivity index (χ2v) is 5.89. The van der Waals surface area contributed by atoms with Crippen LogP contribution in [0.15, 0.2) is 48.5 Å². The van der Waals surface area contributed by atoms with Gasteiger partial charge in [0.1, 0.15) is 18.0 Å². The average molecular weight is 282 g/mol. The molecule has 2 aromatic rings. The van der Waals surface area contributed by atoms with Crippen molar-refractivity contribution in [2.24, 2.45) is 0 Å². The van der Waals surface area contributed by atoms with Crippen LogP contribution < -0.4 is 4.74 Å². The SMILES string of the molecule is CCC(C)c1ccc(C(O)C2Cc3ccccc3O2)cc1. The standard InChI is InChI=1S/C19H22O2/c1-3-13(2)14-8-10-15(11-9-14)19(20)18-12-16-6-4-5-7-17(16)21-18/h4-11,13,18-20H,3,12H2,1-2H3. The van der Waals surface area contributed by atoms with E-state index in [1.807, 2.05) is 30.3 Å². The van der Waals surface area contributed by atoms with Crippen LogP contribution in [0.25, 0.3) is 0 Å². The molecule has 0 saturated carbocycles. The minimum absolute atomic E-state index is 0.183. The van der Waals surface area contributed by atoms with Gasteiger partial charge in [-0.15, -0.1) is 0 Å². The molecule has 0 radical (unpaired) electrons. The van der Waals surface area contributed by atoms with Crippen LogP contribution in [-0.4, -0.2) is 11.2 Å². The predicted octanol–water partition coefficient (Wildman–Crippen LogP) is 4.24. The fourth-order valence-electron chi connectivity index (χ4n) is 2.86. The van der Waals surface area contributed by atoms with E-state index in [0.717, 1.165) is 24.2 Å². The number of aliphatic hydroxyl groups is 1. The summed E-state index contributed by atoms with van der Waals surface area (Å²) in [5.74, 6) is 1.46. The van der Waals surface area contributed by atoms with Gasteiger partial charge in [0.25, 0.3) is 0 Å². The zero-order valence-corrected chi connectivity index (χ0v) is 12.6. The second kappa shape index (κ2) is 5.90. The molecule has 1 N–H and O–H groups in total. The van der Waals surface area contributed by atoms with Gasteiger partial charge in [-0.1, -0.05) is 56.3 Å². The number of hydrogen-bond acceptors (Lipinski definition) is 2. The third kappa shape index (κ3) is 2.81. The van der Waals surface area contributed by atoms with E-state index < -0.39 is 6.10 Å². The summed E-state index contributed by atoms with van der Waals surface area (Å²) in [6.07, 6.45) is 1.13. The minimum atomic E-state index is -0.580. The number of rotatable bonds is 4. The molecule has 1 aliphatic heterocycles. The molecule has 2 heteroatoms. The number of fused-ring (bicyclic) bond motifs is 1. The van der Waals surface area contributed by atoms with Crippen LogP contribution in [-0.2, 0) is 6.42 Å². The maximum Gasteiger partial charge on any atom is 0.133 e. The van der Waals surface area contributed by atoms with Gasteiger partial charge in [-0.3, -0.25) is 0 Å². The van der Waals surface area contributed by atoms with Gasteiger partial charge in [-0.05, 0) is 35.1 Å². The quantitative estimate of drug-likeness (QED) is 0.909. The highest BCUT2D eigenvalue weighted by molar-refractivity contribution is 5.38. The Morgan fingerprint density at radius 1 is 1.10 bits per heavy atom. The predicted molar refractivity (Wildman–Crippen MR) is 84.7 cm³/mol. The molecular weight excluding hydrogens is 260 g/mol. The van der Waals surface area contributed by atoms with Crippen LogP contribution in [0.3, 0.4) is 0 Å². The summed E-state index contributed by atoms with van der Waals surface area (Å²) >= 11 is 0. The molecule has 0 saturated heterocycles. The largest absolute Gasteiger partial charge is 0.487 e. The first kappa shape index (κ1) is 14.2. The average Bonchev–Trinajstić information content (AvgIpc) is 2.97. The van der Waals surface area contributed by atoms with Crippen molar-refractivity contribution in [3.63, 3.8) is 0 Å². The topological polar surface area (TPSA) is 29.5 Å². The second-order valence-electron chi connectivity index (χ2n) is 5.89. The highest BCUT2D eigenvalue weighted by atomic mass is 16.5. The number of ether oxygens (including phenoxy) is 1. The first-order valence-corrected chi connectivity index (χ1v) is 7.71. The first-order chi connectivity index (χ1) is 10.2. The summed E-state index contributed by atoms with van der Waals surface area (Å²) in [7, 11) is 0. The lowest BCUT2D eigenvalue weighted by Gasteiger charge is -2.19. The number of para-hydroxylation sites is 1. The Hall–Kier alpha value is -1.80. The zero-order chi connectivity index (χ0) is 14.8. The van der Waals surface area contributed by atoms with E-state index in [9.17, 15) is 5.11 Å². The maximum absolute atomic E-state index is 10.6. The van der Waals surface area contributed by atoms with Crippen molar-refractivity contribution < 1.29 is 9.84 Å². The molecule has 3 rings (SSSR count). The molecule has 3 unspecified atom stereocenters. The lowest BCUT2D eigenvalue weighted by molar-refractivity contribution is 0.0492. The molecule has 0 amide bonds. The summed E-state index contributed by atoms with van der Waals surface area (Å²) in [4.78, 5) is 0. The summed E-state index contributed by atoms with van der Waals surface area (Å²) in [6, 6.07) is 16.3. The minimum Gasteiger partial charge on any atom is -0.487 e. The molecule has 0 bridgehead atoms. The Morgan fingerprint density at radius 2 is 1.76 bits per heavy atom. The van der Waals surface area contributed by atoms with Gasteiger partial charge >= 0.3 is 0 Å². The molecule has 1 aliphatic rings. The Bertz CT molecular complexity index is 578. The Kier molecular flexibility index (Phi) is 3.98. The number of benzene rings is 2. The Morgan fingerprint density at radius 3 is 2.43 bits per heavy atom. The van der Waals surface area contributed by atoms with Crippen LogP contribution in [0.2, 0.25) is 0 Å². The van der Waals surface area contributed by atoms with E-state index in [-0.39, 0.29) is 6.10 Å². The molecule has 2 nitrogen and oxygen atoms in total. The smallest absolute Gasteiger partial charge is 0.133 e. The van der Waals surface area contributed by atoms with Crippen LogP contribution in [0.4, 0.5) is 0 Å². The molecule has 0 spiro atoms. The van der Waals surface area contributed by atoms with Gasteiger partial charge in [0.2, 0.25) is 0 Å². The van der Waals surface area contributed by atoms with Crippen LogP contribution >= 0.6 is 0 Å². The molecule has 0 fully saturated rings. The van der Waals surface area contributed by atoms with Crippen molar-refractivity contribution in [1.82, 2.24) is 0 Å². The van der Waals surface area contributed by atoms with Gasteiger partial charge in [0, 0.05) is 6.42 Å². The monoisotopic (exact) mass is 282 g/mol. The van der Waals surface area contributed by atoms with E-state index in [4.69, 9.17) is 4.74 Å². The van der Waals surface area contributed by atoms with E-state index in [1.54, 1.807) is 0 Å². The molecule has 0 aromatic heterocycles. The van der Waals surface area contributed by atoms with E-state index in [0.29, 0.717) is 5.92 Å². The summed E-state index contributed by atoms with van der Waals surface area (Å²) < 4.78 is 5.87. The van der Waals surface area contributed by atoms with Gasteiger partial charge in [0.15, 0.2) is 0 Å². The zero-order valence-electron chi connectivity index (χ0n) is 12.6. The fourth-order valence-corrected chi connectivity index (χ4v) is 2.86. The lowest BCUT2D eigenvalue weighted by Crippen LogP contribution is -2.23. The van der Waals surface area contributed by atoms with Crippen molar-refractivity contribution >= 4 is 0 Å². The Labute approximate surface area is 126 Å². The van der Waals surface area contributed by atoms with Gasteiger partial charge in [-0.25, -0.2) is 0 Å². The molecular formula is C19H22O2. The third-order valence-corrected chi connectivity index (χ3v) is 4.48. The van der Waals surface area contributed by atoms with Crippen molar-refractivity contribution in [2.45, 2.75) is 44.8 Å². The number of aliphatic hydroxyl groups excluding tert-OH is 1. The number of hydrogen-bond donors (Lipinski definition) is 1. The molecule has 0 aliphatic carbocycles. The highest BCUT2D eigenvalue weighted by Gasteiger charge is 2.29. The van der Waals surface area contributed by atoms with Gasteiger partial charge < -0.3 is 9.84 Å². The molecule has 21 heavy (non-hydrogen) atoms. The third-order valence-electron chi connectivity index (χ3n) is 4.48. The van der Waals surface area contributed by atoms with Gasteiger partial charge in [0.05, 0.1) is 0 Å². The van der Waals surface area contributed by atoms with Crippen molar-refractivity contribution in [3.05, 3.63) is 65.2 Å². The van der Waals surface area contributed by atoms with Crippen LogP contribution in [0, 0.1) is 0 Å². The van der Waals surface area contributed by atoms with Crippen molar-refractivity contribution in [1.29, 1.82) is 0 Å². The van der Waals surface area contributed by atoms with E-state index in [1.165, 1.54) is 11.1 Å². The summed E-state index contributed by atoms with van der Waals surface area (Å²) in [6.45, 7) is 4.42. The van der Waals surface area contributed by atoms with Crippen LogP contribution in [0.1, 0.15) is 49.0 Å². The molecule has 2 aromatic carbocycles. The molecule has 3 atom stereocenters. The lowest BCUT2D eigenvalue weighted by atomic mass is 9.94. The first-order valence-electron chi connectivity index (χ1n) is 7.71. The molecule has 110 valence electrons. The Balaban J connectivity index is 1.73. The maximum atomic E-state index is 10.6. The van der Waals surface area contributed by atoms with Crippen LogP contribution in [0.5, 0.6) is 5.75 Å². The highest BCUT2D eigenvalue weighted by Crippen LogP contribution is 2.34.